The van der Waals surface area contributed by atoms with E-state index in [2.05, 4.69) is 10.3 Å². The van der Waals surface area contributed by atoms with Gasteiger partial charge in [0.15, 0.2) is 5.13 Å². The van der Waals surface area contributed by atoms with Crippen LogP contribution in [0.3, 0.4) is 0 Å². The summed E-state index contributed by atoms with van der Waals surface area (Å²) in [4.78, 5) is 31.7. The van der Waals surface area contributed by atoms with Crippen LogP contribution in [0.15, 0.2) is 89.8 Å². The summed E-state index contributed by atoms with van der Waals surface area (Å²) >= 11 is 2.77. The number of thiazole rings is 1. The van der Waals surface area contributed by atoms with Gasteiger partial charge in [0.2, 0.25) is 11.7 Å². The summed E-state index contributed by atoms with van der Waals surface area (Å²) in [5, 5.41) is 3.25. The molecule has 0 aliphatic heterocycles. The number of hydrogen-bond acceptors (Lipinski definition) is 5. The Hall–Kier alpha value is -3.29. The van der Waals surface area contributed by atoms with Crippen molar-refractivity contribution in [3.63, 3.8) is 0 Å². The van der Waals surface area contributed by atoms with Crippen LogP contribution >= 0.6 is 23.1 Å². The minimum atomic E-state index is -0.262. The van der Waals surface area contributed by atoms with Gasteiger partial charge >= 0.3 is 0 Å². The van der Waals surface area contributed by atoms with E-state index in [0.29, 0.717) is 34.1 Å². The zero-order chi connectivity index (χ0) is 23.0. The van der Waals surface area contributed by atoms with Crippen molar-refractivity contribution >= 4 is 39.9 Å². The predicted octanol–water partition coefficient (Wildman–Crippen LogP) is 6.69. The first-order valence-electron chi connectivity index (χ1n) is 10.4. The number of aromatic nitrogens is 1. The average Bonchev–Trinajstić information content (AvgIpc) is 3.27. The van der Waals surface area contributed by atoms with E-state index in [1.807, 2.05) is 48.5 Å². The summed E-state index contributed by atoms with van der Waals surface area (Å²) in [5.74, 6) is 0.205. The third-order valence-corrected chi connectivity index (χ3v) is 6.86. The largest absolute Gasteiger partial charge is 0.302 e. The number of thioether (sulfide) groups is 1. The molecule has 0 saturated carbocycles. The van der Waals surface area contributed by atoms with Gasteiger partial charge in [-0.2, -0.15) is 0 Å². The molecule has 0 aliphatic rings. The van der Waals surface area contributed by atoms with Crippen LogP contribution in [-0.4, -0.2) is 22.4 Å². The quantitative estimate of drug-likeness (QED) is 0.166. The first-order valence-corrected chi connectivity index (χ1v) is 12.2. The van der Waals surface area contributed by atoms with E-state index in [0.717, 1.165) is 16.2 Å². The predicted molar refractivity (Wildman–Crippen MR) is 132 cm³/mol. The van der Waals surface area contributed by atoms with E-state index in [1.54, 1.807) is 36.0 Å². The van der Waals surface area contributed by atoms with E-state index in [1.165, 1.54) is 23.5 Å². The number of anilines is 1. The lowest BCUT2D eigenvalue weighted by atomic mass is 10.1. The van der Waals surface area contributed by atoms with E-state index in [4.69, 9.17) is 0 Å². The molecule has 0 fully saturated rings. The van der Waals surface area contributed by atoms with Crippen LogP contribution in [0.5, 0.6) is 0 Å². The number of ketones is 1. The molecule has 0 bridgehead atoms. The number of carbonyl (C=O) groups is 2. The van der Waals surface area contributed by atoms with Gasteiger partial charge in [-0.1, -0.05) is 72.0 Å². The first kappa shape index (κ1) is 22.9. The lowest BCUT2D eigenvalue weighted by Crippen LogP contribution is -2.11. The van der Waals surface area contributed by atoms with Gasteiger partial charge in [0.1, 0.15) is 10.7 Å². The summed E-state index contributed by atoms with van der Waals surface area (Å²) in [5.41, 5.74) is 1.97. The molecule has 4 nitrogen and oxygen atoms in total. The van der Waals surface area contributed by atoms with Crippen molar-refractivity contribution < 1.29 is 14.0 Å². The molecule has 1 aromatic heterocycles. The van der Waals surface area contributed by atoms with Crippen LogP contribution in [0.1, 0.15) is 28.1 Å². The Balaban J connectivity index is 1.43. The molecule has 0 aliphatic carbocycles. The molecule has 0 unspecified atom stereocenters. The van der Waals surface area contributed by atoms with E-state index >= 15 is 0 Å². The number of hydrogen-bond donors (Lipinski definition) is 1. The molecular formula is C26H21FN2O2S2. The van der Waals surface area contributed by atoms with Crippen LogP contribution in [-0.2, 0) is 4.79 Å². The second-order valence-corrected chi connectivity index (χ2v) is 9.38. The molecule has 4 aromatic rings. The van der Waals surface area contributed by atoms with Crippen molar-refractivity contribution in [2.75, 3.05) is 11.1 Å². The topological polar surface area (TPSA) is 59.1 Å². The maximum absolute atomic E-state index is 13.1. The lowest BCUT2D eigenvalue weighted by molar-refractivity contribution is -0.116. The number of carbonyl (C=O) groups excluding carboxylic acids is 2. The van der Waals surface area contributed by atoms with Crippen molar-refractivity contribution in [3.05, 3.63) is 101 Å². The molecule has 0 spiro atoms. The minimum Gasteiger partial charge on any atom is -0.302 e. The summed E-state index contributed by atoms with van der Waals surface area (Å²) in [6, 6.07) is 24.8. The summed E-state index contributed by atoms with van der Waals surface area (Å²) in [6.07, 6.45) is 0.997. The van der Waals surface area contributed by atoms with Crippen molar-refractivity contribution in [1.29, 1.82) is 0 Å². The molecule has 1 N–H and O–H groups in total. The Morgan fingerprint density at radius 1 is 0.909 bits per heavy atom. The van der Waals surface area contributed by atoms with Gasteiger partial charge in [-0.25, -0.2) is 9.37 Å². The highest BCUT2D eigenvalue weighted by molar-refractivity contribution is 7.99. The smallest absolute Gasteiger partial charge is 0.226 e. The summed E-state index contributed by atoms with van der Waals surface area (Å²) in [7, 11) is 0. The number of benzene rings is 3. The molecule has 0 radical (unpaired) electrons. The number of halogens is 1. The highest BCUT2D eigenvalue weighted by atomic mass is 32.2. The number of rotatable bonds is 9. The summed E-state index contributed by atoms with van der Waals surface area (Å²) in [6.45, 7) is 0. The fraction of sp³-hybridized carbons (Fsp3) is 0.115. The van der Waals surface area contributed by atoms with Gasteiger partial charge in [-0.15, -0.1) is 11.8 Å². The Bertz CT molecular complexity index is 1230. The molecule has 3 aromatic carbocycles. The van der Waals surface area contributed by atoms with E-state index < -0.39 is 0 Å². The zero-order valence-corrected chi connectivity index (χ0v) is 19.3. The molecule has 7 heteroatoms. The van der Waals surface area contributed by atoms with Crippen LogP contribution in [0, 0.1) is 5.82 Å². The van der Waals surface area contributed by atoms with Gasteiger partial charge in [-0.05, 0) is 36.4 Å². The standard InChI is InChI=1S/C26H21FN2O2S2/c27-20-13-15-21(16-14-20)32-17-7-12-22(30)28-26-29-23(18-8-3-1-4-9-18)25(33-26)24(31)19-10-5-2-6-11-19/h1-6,8-11,13-16H,7,12,17H2,(H,28,29,30). The first-order chi connectivity index (χ1) is 16.1. The lowest BCUT2D eigenvalue weighted by Gasteiger charge is -2.03. The maximum Gasteiger partial charge on any atom is 0.226 e. The number of nitrogens with zero attached hydrogens (tertiary/aromatic N) is 1. The highest BCUT2D eigenvalue weighted by Gasteiger charge is 2.21. The third kappa shape index (κ3) is 6.15. The Labute approximate surface area is 199 Å². The van der Waals surface area contributed by atoms with Crippen LogP contribution in [0.4, 0.5) is 9.52 Å². The van der Waals surface area contributed by atoms with Crippen molar-refractivity contribution in [3.8, 4) is 11.3 Å². The SMILES string of the molecule is O=C(CCCSc1ccc(F)cc1)Nc1nc(-c2ccccc2)c(C(=O)c2ccccc2)s1. The fourth-order valence-corrected chi connectivity index (χ4v) is 4.99. The molecule has 1 heterocycles. The zero-order valence-electron chi connectivity index (χ0n) is 17.7. The Kier molecular flexibility index (Phi) is 7.65. The third-order valence-electron chi connectivity index (χ3n) is 4.79. The molecule has 166 valence electrons. The molecule has 0 atom stereocenters. The summed E-state index contributed by atoms with van der Waals surface area (Å²) < 4.78 is 13.0. The monoisotopic (exact) mass is 476 g/mol. The van der Waals surface area contributed by atoms with Gasteiger partial charge in [-0.3, -0.25) is 9.59 Å². The number of amides is 1. The van der Waals surface area contributed by atoms with Gasteiger partial charge in [0.05, 0.1) is 5.69 Å². The molecular weight excluding hydrogens is 455 g/mol. The molecule has 0 saturated heterocycles. The normalized spacial score (nSPS) is 10.7. The van der Waals surface area contributed by atoms with Crippen molar-refractivity contribution in [2.45, 2.75) is 17.7 Å². The Morgan fingerprint density at radius 3 is 2.27 bits per heavy atom. The van der Waals surface area contributed by atoms with Gasteiger partial charge in [0.25, 0.3) is 0 Å². The fourth-order valence-electron chi connectivity index (χ4n) is 3.18. The van der Waals surface area contributed by atoms with E-state index in [9.17, 15) is 14.0 Å². The van der Waals surface area contributed by atoms with E-state index in [-0.39, 0.29) is 17.5 Å². The van der Waals surface area contributed by atoms with Gasteiger partial charge < -0.3 is 5.32 Å². The Morgan fingerprint density at radius 2 is 1.58 bits per heavy atom. The molecule has 4 rings (SSSR count). The molecule has 33 heavy (non-hydrogen) atoms. The number of nitrogens with one attached hydrogen (secondary N) is 1. The second-order valence-electron chi connectivity index (χ2n) is 7.21. The van der Waals surface area contributed by atoms with Crippen LogP contribution < -0.4 is 5.32 Å². The van der Waals surface area contributed by atoms with Crippen LogP contribution in [0.2, 0.25) is 0 Å². The maximum atomic E-state index is 13.1. The van der Waals surface area contributed by atoms with Crippen LogP contribution in [0.25, 0.3) is 11.3 Å². The van der Waals surface area contributed by atoms with Crippen molar-refractivity contribution in [2.24, 2.45) is 0 Å². The highest BCUT2D eigenvalue weighted by Crippen LogP contribution is 2.33. The second kappa shape index (κ2) is 11.0. The minimum absolute atomic E-state index is 0.122. The average molecular weight is 477 g/mol. The van der Waals surface area contributed by atoms with Crippen molar-refractivity contribution in [1.82, 2.24) is 4.98 Å². The van der Waals surface area contributed by atoms with Gasteiger partial charge in [0, 0.05) is 22.4 Å². The molecule has 1 amide bonds.